The van der Waals surface area contributed by atoms with Gasteiger partial charge >= 0.3 is 6.36 Å². The van der Waals surface area contributed by atoms with E-state index < -0.39 is 12.3 Å². The fourth-order valence-corrected chi connectivity index (χ4v) is 3.91. The van der Waals surface area contributed by atoms with Crippen LogP contribution in [0.25, 0.3) is 11.3 Å². The number of carbonyl (C=O) groups excluding carboxylic acids is 2. The Morgan fingerprint density at radius 3 is 2.62 bits per heavy atom. The van der Waals surface area contributed by atoms with Crippen LogP contribution in [0.3, 0.4) is 0 Å². The van der Waals surface area contributed by atoms with Gasteiger partial charge in [-0.05, 0) is 55.3 Å². The molecule has 0 saturated carbocycles. The van der Waals surface area contributed by atoms with Gasteiger partial charge in [0.1, 0.15) is 11.5 Å². The zero-order valence-electron chi connectivity index (χ0n) is 20.8. The van der Waals surface area contributed by atoms with Gasteiger partial charge in [0.15, 0.2) is 18.1 Å². The molecule has 1 aromatic heterocycles. The highest BCUT2D eigenvalue weighted by molar-refractivity contribution is 5.97. The number of aromatic nitrogens is 2. The second-order valence-corrected chi connectivity index (χ2v) is 8.79. The van der Waals surface area contributed by atoms with Crippen LogP contribution < -0.4 is 31.2 Å². The molecule has 1 aliphatic rings. The summed E-state index contributed by atoms with van der Waals surface area (Å²) in [6, 6.07) is 11.9. The molecule has 0 aliphatic carbocycles. The highest BCUT2D eigenvalue weighted by atomic mass is 19.4. The lowest BCUT2D eigenvalue weighted by Crippen LogP contribution is -2.46. The number of piperidine rings is 1. The summed E-state index contributed by atoms with van der Waals surface area (Å²) in [6.07, 6.45) is -1.47. The van der Waals surface area contributed by atoms with E-state index >= 15 is 0 Å². The highest BCUT2D eigenvalue weighted by Crippen LogP contribution is 2.25. The predicted molar refractivity (Wildman–Crippen MR) is 136 cm³/mol. The minimum Gasteiger partial charge on any atom is -0.484 e. The van der Waals surface area contributed by atoms with Crippen LogP contribution in [0.15, 0.2) is 54.7 Å². The van der Waals surface area contributed by atoms with E-state index in [1.54, 1.807) is 24.3 Å². The smallest absolute Gasteiger partial charge is 0.484 e. The molecule has 1 atom stereocenters. The zero-order chi connectivity index (χ0) is 27.8. The number of halogens is 3. The third-order valence-electron chi connectivity index (χ3n) is 5.79. The molecule has 1 fully saturated rings. The predicted octanol–water partition coefficient (Wildman–Crippen LogP) is 2.80. The molecule has 1 aliphatic heterocycles. The van der Waals surface area contributed by atoms with E-state index in [2.05, 4.69) is 30.7 Å². The van der Waals surface area contributed by atoms with Gasteiger partial charge < -0.3 is 31.2 Å². The van der Waals surface area contributed by atoms with E-state index in [1.807, 2.05) is 0 Å². The maximum atomic E-state index is 12.8. The fraction of sp³-hybridized carbons (Fsp3) is 0.308. The van der Waals surface area contributed by atoms with Crippen molar-refractivity contribution in [1.82, 2.24) is 25.9 Å². The van der Waals surface area contributed by atoms with Crippen molar-refractivity contribution in [3.8, 4) is 22.8 Å². The lowest BCUT2D eigenvalue weighted by atomic mass is 10.1. The average Bonchev–Trinajstić information content (AvgIpc) is 2.91. The number of hydrogen-bond donors (Lipinski definition) is 4. The second kappa shape index (κ2) is 12.4. The van der Waals surface area contributed by atoms with E-state index in [1.165, 1.54) is 18.3 Å². The molecule has 2 heterocycles. The normalized spacial score (nSPS) is 15.3. The summed E-state index contributed by atoms with van der Waals surface area (Å²) in [4.78, 5) is 33.6. The minimum atomic E-state index is -4.79. The van der Waals surface area contributed by atoms with Crippen molar-refractivity contribution in [2.45, 2.75) is 31.8 Å². The van der Waals surface area contributed by atoms with Gasteiger partial charge in [-0.2, -0.15) is 0 Å². The number of carbonyl (C=O) groups is 2. The summed E-state index contributed by atoms with van der Waals surface area (Å²) in [5, 5.41) is 8.89. The SMILES string of the molecule is Nc1ncc(-c2cccc(CNC(=O)COc3ccc(OC(F)(F)F)cc3)c2)nc1C(=O)N[C@H]1CCCNC1. The largest absolute Gasteiger partial charge is 0.573 e. The van der Waals surface area contributed by atoms with E-state index in [0.29, 0.717) is 17.8 Å². The Kier molecular flexibility index (Phi) is 8.81. The van der Waals surface area contributed by atoms with Crippen LogP contribution in [0.4, 0.5) is 19.0 Å². The lowest BCUT2D eigenvalue weighted by Gasteiger charge is -2.23. The summed E-state index contributed by atoms with van der Waals surface area (Å²) in [7, 11) is 0. The average molecular weight is 545 g/mol. The number of nitrogens with two attached hydrogens (primary N) is 1. The van der Waals surface area contributed by atoms with Gasteiger partial charge in [-0.3, -0.25) is 9.59 Å². The number of nitrogens with zero attached hydrogens (tertiary/aromatic N) is 2. The monoisotopic (exact) mass is 544 g/mol. The molecule has 206 valence electrons. The quantitative estimate of drug-likeness (QED) is 0.322. The van der Waals surface area contributed by atoms with Crippen LogP contribution in [-0.2, 0) is 11.3 Å². The van der Waals surface area contributed by atoms with Crippen LogP contribution in [-0.4, -0.2) is 53.9 Å². The molecule has 0 unspecified atom stereocenters. The van der Waals surface area contributed by atoms with Gasteiger partial charge in [0.2, 0.25) is 0 Å². The van der Waals surface area contributed by atoms with Crippen LogP contribution >= 0.6 is 0 Å². The number of nitrogens with one attached hydrogen (secondary N) is 3. The number of ether oxygens (including phenoxy) is 2. The van der Waals surface area contributed by atoms with Crippen LogP contribution in [0, 0.1) is 0 Å². The number of nitrogen functional groups attached to an aromatic ring is 1. The van der Waals surface area contributed by atoms with Crippen molar-refractivity contribution in [3.63, 3.8) is 0 Å². The Balaban J connectivity index is 1.32. The maximum Gasteiger partial charge on any atom is 0.573 e. The van der Waals surface area contributed by atoms with Crippen molar-refractivity contribution < 1.29 is 32.2 Å². The fourth-order valence-electron chi connectivity index (χ4n) is 3.91. The molecule has 10 nitrogen and oxygen atoms in total. The lowest BCUT2D eigenvalue weighted by molar-refractivity contribution is -0.274. The molecule has 0 spiro atoms. The molecule has 13 heteroatoms. The molecule has 2 amide bonds. The molecule has 2 aromatic carbocycles. The summed E-state index contributed by atoms with van der Waals surface area (Å²) < 4.78 is 45.9. The van der Waals surface area contributed by atoms with Gasteiger partial charge in [-0.25, -0.2) is 9.97 Å². The number of benzene rings is 2. The van der Waals surface area contributed by atoms with Crippen molar-refractivity contribution in [2.75, 3.05) is 25.4 Å². The summed E-state index contributed by atoms with van der Waals surface area (Å²) in [6.45, 7) is 1.45. The first kappa shape index (κ1) is 27.6. The van der Waals surface area contributed by atoms with Gasteiger partial charge in [-0.15, -0.1) is 13.2 Å². The molecule has 1 saturated heterocycles. The molecule has 39 heavy (non-hydrogen) atoms. The second-order valence-electron chi connectivity index (χ2n) is 8.79. The van der Waals surface area contributed by atoms with Crippen molar-refractivity contribution >= 4 is 17.6 Å². The highest BCUT2D eigenvalue weighted by Gasteiger charge is 2.31. The summed E-state index contributed by atoms with van der Waals surface area (Å²) >= 11 is 0. The van der Waals surface area contributed by atoms with Gasteiger partial charge in [0.05, 0.1) is 11.9 Å². The standard InChI is InChI=1S/C26H27F3N6O4/c27-26(28,29)39-20-8-6-19(7-9-20)38-15-22(36)32-12-16-3-1-4-17(11-16)21-14-33-24(30)23(35-21)25(37)34-18-5-2-10-31-13-18/h1,3-4,6-9,11,14,18,31H,2,5,10,12-13,15H2,(H2,30,33)(H,32,36)(H,34,37)/t18-/m0/s1. The van der Waals surface area contributed by atoms with Gasteiger partial charge in [-0.1, -0.05) is 18.2 Å². The Hall–Kier alpha value is -4.39. The first-order chi connectivity index (χ1) is 18.7. The molecule has 5 N–H and O–H groups in total. The maximum absolute atomic E-state index is 12.8. The Morgan fingerprint density at radius 2 is 1.90 bits per heavy atom. The van der Waals surface area contributed by atoms with Crippen LogP contribution in [0.1, 0.15) is 28.9 Å². The summed E-state index contributed by atoms with van der Waals surface area (Å²) in [5.41, 5.74) is 7.86. The number of anilines is 1. The molecule has 0 radical (unpaired) electrons. The molecular formula is C26H27F3N6O4. The van der Waals surface area contributed by atoms with Crippen LogP contribution in [0.5, 0.6) is 11.5 Å². The third-order valence-corrected chi connectivity index (χ3v) is 5.79. The van der Waals surface area contributed by atoms with E-state index in [4.69, 9.17) is 10.5 Å². The zero-order valence-corrected chi connectivity index (χ0v) is 20.8. The van der Waals surface area contributed by atoms with E-state index in [9.17, 15) is 22.8 Å². The van der Waals surface area contributed by atoms with Crippen molar-refractivity contribution in [3.05, 3.63) is 66.0 Å². The van der Waals surface area contributed by atoms with E-state index in [0.717, 1.165) is 37.1 Å². The summed E-state index contributed by atoms with van der Waals surface area (Å²) in [5.74, 6) is -0.964. The Morgan fingerprint density at radius 1 is 1.13 bits per heavy atom. The molecular weight excluding hydrogens is 517 g/mol. The molecule has 4 rings (SSSR count). The first-order valence-electron chi connectivity index (χ1n) is 12.1. The van der Waals surface area contributed by atoms with Crippen molar-refractivity contribution in [1.29, 1.82) is 0 Å². The Labute approximate surface area is 222 Å². The number of amides is 2. The first-order valence-corrected chi connectivity index (χ1v) is 12.1. The molecule has 0 bridgehead atoms. The Bertz CT molecular complexity index is 1300. The topological polar surface area (TPSA) is 140 Å². The van der Waals surface area contributed by atoms with Crippen molar-refractivity contribution in [2.24, 2.45) is 0 Å². The van der Waals surface area contributed by atoms with Gasteiger partial charge in [0.25, 0.3) is 11.8 Å². The number of hydrogen-bond acceptors (Lipinski definition) is 8. The number of alkyl halides is 3. The van der Waals surface area contributed by atoms with Gasteiger partial charge in [0, 0.05) is 24.7 Å². The van der Waals surface area contributed by atoms with Crippen LogP contribution in [0.2, 0.25) is 0 Å². The minimum absolute atomic E-state index is 0.00482. The third kappa shape index (κ3) is 8.30. The molecule has 3 aromatic rings. The van der Waals surface area contributed by atoms with E-state index in [-0.39, 0.29) is 48.1 Å². The number of rotatable bonds is 9.